The Kier molecular flexibility index (Phi) is 11.2. The largest absolute Gasteiger partial charge is 0.462 e. The molecular weight excluding hydrogens is 516 g/mol. The summed E-state index contributed by atoms with van der Waals surface area (Å²) in [5, 5.41) is 9.13. The number of rotatable bonds is 15. The standard InChI is InChI=1S/C29H34N4O7/c1-3-39-28(37)21-18-24(32-19-20-9-6-5-7-10-20)22(29(38)40-4-2)17-23(21)30-14-8-15-31-25(34)13-16-33-26(35)11-12-27(33)36/h5-7,9-12,17-18,30,32H,3-4,8,13-16,19H2,1-2H3,(H,31,34). The van der Waals surface area contributed by atoms with E-state index in [-0.39, 0.29) is 43.2 Å². The number of amides is 3. The Morgan fingerprint density at radius 2 is 1.38 bits per heavy atom. The van der Waals surface area contributed by atoms with E-state index in [1.807, 2.05) is 30.3 Å². The smallest absolute Gasteiger partial charge is 0.340 e. The molecule has 0 aromatic heterocycles. The topological polar surface area (TPSA) is 143 Å². The van der Waals surface area contributed by atoms with Crippen LogP contribution in [-0.2, 0) is 30.4 Å². The highest BCUT2D eigenvalue weighted by atomic mass is 16.5. The van der Waals surface area contributed by atoms with Gasteiger partial charge in [0.25, 0.3) is 11.8 Å². The molecule has 0 saturated heterocycles. The minimum atomic E-state index is -0.544. The van der Waals surface area contributed by atoms with Crippen molar-refractivity contribution in [2.75, 3.05) is 43.5 Å². The summed E-state index contributed by atoms with van der Waals surface area (Å²) in [6.07, 6.45) is 2.85. The fraction of sp³-hybridized carbons (Fsp3) is 0.345. The summed E-state index contributed by atoms with van der Waals surface area (Å²) in [6.45, 7) is 4.93. The Morgan fingerprint density at radius 3 is 1.95 bits per heavy atom. The summed E-state index contributed by atoms with van der Waals surface area (Å²) in [7, 11) is 0. The molecule has 212 valence electrons. The highest BCUT2D eigenvalue weighted by molar-refractivity contribution is 6.13. The quantitative estimate of drug-likeness (QED) is 0.173. The van der Waals surface area contributed by atoms with E-state index in [1.165, 1.54) is 12.2 Å². The van der Waals surface area contributed by atoms with E-state index in [4.69, 9.17) is 9.47 Å². The van der Waals surface area contributed by atoms with E-state index in [0.29, 0.717) is 37.4 Å². The van der Waals surface area contributed by atoms with Crippen molar-refractivity contribution in [3.05, 3.63) is 71.3 Å². The molecule has 1 aliphatic heterocycles. The molecule has 0 aliphatic carbocycles. The molecule has 0 bridgehead atoms. The van der Waals surface area contributed by atoms with Gasteiger partial charge < -0.3 is 25.4 Å². The van der Waals surface area contributed by atoms with Crippen LogP contribution in [0.1, 0.15) is 53.0 Å². The monoisotopic (exact) mass is 550 g/mol. The number of hydrogen-bond donors (Lipinski definition) is 3. The number of hydrogen-bond acceptors (Lipinski definition) is 9. The lowest BCUT2D eigenvalue weighted by Gasteiger charge is -2.18. The first kappa shape index (κ1) is 29.9. The molecule has 0 atom stereocenters. The Bertz CT molecular complexity index is 1240. The molecule has 2 aromatic rings. The zero-order chi connectivity index (χ0) is 28.9. The lowest BCUT2D eigenvalue weighted by molar-refractivity contribution is -0.137. The summed E-state index contributed by atoms with van der Waals surface area (Å²) in [4.78, 5) is 61.9. The van der Waals surface area contributed by atoms with Crippen LogP contribution >= 0.6 is 0 Å². The van der Waals surface area contributed by atoms with Gasteiger partial charge in [0.05, 0.1) is 24.3 Å². The molecule has 0 unspecified atom stereocenters. The van der Waals surface area contributed by atoms with Crippen LogP contribution in [0, 0.1) is 0 Å². The van der Waals surface area contributed by atoms with Crippen LogP contribution in [0.2, 0.25) is 0 Å². The van der Waals surface area contributed by atoms with Crippen molar-refractivity contribution in [2.45, 2.75) is 33.2 Å². The van der Waals surface area contributed by atoms with Gasteiger partial charge in [0, 0.05) is 56.1 Å². The molecule has 3 amide bonds. The van der Waals surface area contributed by atoms with Crippen LogP contribution < -0.4 is 16.0 Å². The number of carbonyl (C=O) groups is 5. The second-order valence-corrected chi connectivity index (χ2v) is 8.77. The van der Waals surface area contributed by atoms with Crippen molar-refractivity contribution in [2.24, 2.45) is 0 Å². The highest BCUT2D eigenvalue weighted by Gasteiger charge is 2.24. The number of imide groups is 1. The van der Waals surface area contributed by atoms with Gasteiger partial charge in [-0.15, -0.1) is 0 Å². The summed E-state index contributed by atoms with van der Waals surface area (Å²) >= 11 is 0. The van der Waals surface area contributed by atoms with E-state index in [2.05, 4.69) is 16.0 Å². The van der Waals surface area contributed by atoms with Crippen LogP contribution in [0.3, 0.4) is 0 Å². The highest BCUT2D eigenvalue weighted by Crippen LogP contribution is 2.28. The van der Waals surface area contributed by atoms with Gasteiger partial charge in [-0.2, -0.15) is 0 Å². The van der Waals surface area contributed by atoms with Crippen molar-refractivity contribution in [3.63, 3.8) is 0 Å². The lowest BCUT2D eigenvalue weighted by atomic mass is 10.0. The zero-order valence-electron chi connectivity index (χ0n) is 22.7. The molecular formula is C29H34N4O7. The molecule has 1 aliphatic rings. The first-order valence-corrected chi connectivity index (χ1v) is 13.2. The van der Waals surface area contributed by atoms with Crippen molar-refractivity contribution in [3.8, 4) is 0 Å². The average Bonchev–Trinajstić information content (AvgIpc) is 3.27. The van der Waals surface area contributed by atoms with Gasteiger partial charge in [0.15, 0.2) is 0 Å². The number of nitrogens with zero attached hydrogens (tertiary/aromatic N) is 1. The molecule has 0 spiro atoms. The van der Waals surface area contributed by atoms with Crippen LogP contribution in [-0.4, -0.2) is 67.4 Å². The van der Waals surface area contributed by atoms with Gasteiger partial charge in [-0.1, -0.05) is 30.3 Å². The van der Waals surface area contributed by atoms with E-state index in [9.17, 15) is 24.0 Å². The summed E-state index contributed by atoms with van der Waals surface area (Å²) in [5.41, 5.74) is 2.35. The molecule has 0 saturated carbocycles. The summed E-state index contributed by atoms with van der Waals surface area (Å²) in [5.74, 6) is -2.23. The SMILES string of the molecule is CCOC(=O)c1cc(NCc2ccccc2)c(C(=O)OCC)cc1NCCCNC(=O)CCN1C(=O)C=CC1=O. The number of esters is 2. The summed E-state index contributed by atoms with van der Waals surface area (Å²) in [6, 6.07) is 12.8. The Balaban J connectivity index is 1.64. The minimum Gasteiger partial charge on any atom is -0.462 e. The molecule has 40 heavy (non-hydrogen) atoms. The maximum atomic E-state index is 12.8. The molecule has 0 radical (unpaired) electrons. The fourth-order valence-corrected chi connectivity index (χ4v) is 3.93. The van der Waals surface area contributed by atoms with Crippen LogP contribution in [0.4, 0.5) is 11.4 Å². The number of carbonyl (C=O) groups excluding carboxylic acids is 5. The average molecular weight is 551 g/mol. The van der Waals surface area contributed by atoms with Gasteiger partial charge in [0.2, 0.25) is 5.91 Å². The minimum absolute atomic E-state index is 0.0000607. The predicted octanol–water partition coefficient (Wildman–Crippen LogP) is 2.89. The summed E-state index contributed by atoms with van der Waals surface area (Å²) < 4.78 is 10.5. The Morgan fingerprint density at radius 1 is 0.800 bits per heavy atom. The van der Waals surface area contributed by atoms with Crippen LogP contribution in [0.25, 0.3) is 0 Å². The Labute approximate surface area is 232 Å². The molecule has 11 heteroatoms. The van der Waals surface area contributed by atoms with Gasteiger partial charge in [-0.25, -0.2) is 9.59 Å². The maximum absolute atomic E-state index is 12.8. The van der Waals surface area contributed by atoms with E-state index >= 15 is 0 Å². The van der Waals surface area contributed by atoms with Crippen molar-refractivity contribution in [1.82, 2.24) is 10.2 Å². The molecule has 0 fully saturated rings. The normalized spacial score (nSPS) is 12.3. The Hall–Kier alpha value is -4.67. The van der Waals surface area contributed by atoms with Crippen molar-refractivity contribution in [1.29, 1.82) is 0 Å². The lowest BCUT2D eigenvalue weighted by Crippen LogP contribution is -2.35. The molecule has 3 N–H and O–H groups in total. The number of ether oxygens (including phenoxy) is 2. The maximum Gasteiger partial charge on any atom is 0.340 e. The van der Waals surface area contributed by atoms with Gasteiger partial charge in [0.1, 0.15) is 0 Å². The molecule has 3 rings (SSSR count). The predicted molar refractivity (Wildman–Crippen MR) is 149 cm³/mol. The fourth-order valence-electron chi connectivity index (χ4n) is 3.93. The van der Waals surface area contributed by atoms with Gasteiger partial charge in [-0.3, -0.25) is 19.3 Å². The van der Waals surface area contributed by atoms with E-state index in [0.717, 1.165) is 10.5 Å². The first-order valence-electron chi connectivity index (χ1n) is 13.2. The first-order chi connectivity index (χ1) is 19.3. The third kappa shape index (κ3) is 8.42. The molecule has 11 nitrogen and oxygen atoms in total. The second-order valence-electron chi connectivity index (χ2n) is 8.77. The second kappa shape index (κ2) is 15.1. The van der Waals surface area contributed by atoms with Gasteiger partial charge >= 0.3 is 11.9 Å². The number of anilines is 2. The molecule has 1 heterocycles. The van der Waals surface area contributed by atoms with E-state index in [1.54, 1.807) is 26.0 Å². The van der Waals surface area contributed by atoms with E-state index < -0.39 is 23.8 Å². The zero-order valence-corrected chi connectivity index (χ0v) is 22.7. The third-order valence-corrected chi connectivity index (χ3v) is 5.93. The van der Waals surface area contributed by atoms with Crippen molar-refractivity contribution < 1.29 is 33.4 Å². The number of benzene rings is 2. The van der Waals surface area contributed by atoms with Gasteiger partial charge in [-0.05, 0) is 38.0 Å². The third-order valence-electron chi connectivity index (χ3n) is 5.93. The van der Waals surface area contributed by atoms with Crippen molar-refractivity contribution >= 4 is 41.0 Å². The van der Waals surface area contributed by atoms with Crippen LogP contribution in [0.15, 0.2) is 54.6 Å². The number of nitrogens with one attached hydrogen (secondary N) is 3. The molecule has 2 aromatic carbocycles. The van der Waals surface area contributed by atoms with Crippen LogP contribution in [0.5, 0.6) is 0 Å².